The number of benzene rings is 1. The first kappa shape index (κ1) is 14.3. The average Bonchev–Trinajstić information content (AvgIpc) is 2.38. The standard InChI is InChI=1S/C13H14N4O2/c1-4-10-5-11(16-9(2)18)6-12(13(10)19-3)17(7-14)8-15/h5-6H,4H2,1-3H3,(H,16,18). The zero-order valence-corrected chi connectivity index (χ0v) is 11.0. The number of aryl methyl sites for hydroxylation is 1. The Kier molecular flexibility index (Phi) is 4.73. The second-order valence-corrected chi connectivity index (χ2v) is 3.76. The van der Waals surface area contributed by atoms with Gasteiger partial charge >= 0.3 is 0 Å². The Morgan fingerprint density at radius 1 is 1.42 bits per heavy atom. The Morgan fingerprint density at radius 2 is 2.05 bits per heavy atom. The number of nitriles is 2. The second kappa shape index (κ2) is 6.27. The van der Waals surface area contributed by atoms with E-state index in [1.165, 1.54) is 20.1 Å². The Hall–Kier alpha value is -2.73. The van der Waals surface area contributed by atoms with Crippen molar-refractivity contribution in [2.24, 2.45) is 0 Å². The highest BCUT2D eigenvalue weighted by Crippen LogP contribution is 2.35. The maximum Gasteiger partial charge on any atom is 0.221 e. The molecule has 0 fully saturated rings. The number of hydrogen-bond acceptors (Lipinski definition) is 5. The van der Waals surface area contributed by atoms with Crippen molar-refractivity contribution in [1.82, 2.24) is 0 Å². The van der Waals surface area contributed by atoms with Crippen LogP contribution in [0, 0.1) is 22.9 Å². The van der Waals surface area contributed by atoms with Gasteiger partial charge in [0, 0.05) is 12.6 Å². The number of hydrogen-bond donors (Lipinski definition) is 1. The van der Waals surface area contributed by atoms with Crippen LogP contribution >= 0.6 is 0 Å². The van der Waals surface area contributed by atoms with E-state index in [1.807, 2.05) is 6.92 Å². The van der Waals surface area contributed by atoms with Crippen molar-refractivity contribution in [3.05, 3.63) is 17.7 Å². The molecular weight excluding hydrogens is 244 g/mol. The molecular formula is C13H14N4O2. The van der Waals surface area contributed by atoms with Gasteiger partial charge in [-0.15, -0.1) is 0 Å². The number of carbonyl (C=O) groups excluding carboxylic acids is 1. The highest BCUT2D eigenvalue weighted by molar-refractivity contribution is 5.90. The first-order chi connectivity index (χ1) is 9.07. The van der Waals surface area contributed by atoms with Gasteiger partial charge in [-0.05, 0) is 24.1 Å². The van der Waals surface area contributed by atoms with Crippen molar-refractivity contribution in [2.45, 2.75) is 20.3 Å². The van der Waals surface area contributed by atoms with E-state index in [9.17, 15) is 4.79 Å². The van der Waals surface area contributed by atoms with E-state index >= 15 is 0 Å². The van der Waals surface area contributed by atoms with Gasteiger partial charge in [-0.25, -0.2) is 0 Å². The lowest BCUT2D eigenvalue weighted by molar-refractivity contribution is -0.114. The summed E-state index contributed by atoms with van der Waals surface area (Å²) in [5.74, 6) is 0.235. The van der Waals surface area contributed by atoms with Gasteiger partial charge in [0.05, 0.1) is 7.11 Å². The van der Waals surface area contributed by atoms with E-state index in [0.717, 1.165) is 10.5 Å². The van der Waals surface area contributed by atoms with Crippen molar-refractivity contribution in [1.29, 1.82) is 10.5 Å². The number of nitrogens with zero attached hydrogens (tertiary/aromatic N) is 3. The van der Waals surface area contributed by atoms with Crippen molar-refractivity contribution in [3.63, 3.8) is 0 Å². The molecule has 0 heterocycles. The quantitative estimate of drug-likeness (QED) is 0.659. The van der Waals surface area contributed by atoms with Gasteiger partial charge in [-0.2, -0.15) is 15.4 Å². The number of carbonyl (C=O) groups is 1. The van der Waals surface area contributed by atoms with Gasteiger partial charge in [-0.1, -0.05) is 6.92 Å². The van der Waals surface area contributed by atoms with E-state index < -0.39 is 0 Å². The summed E-state index contributed by atoms with van der Waals surface area (Å²) < 4.78 is 5.26. The molecule has 0 bridgehead atoms. The van der Waals surface area contributed by atoms with Crippen LogP contribution in [0.15, 0.2) is 12.1 Å². The molecule has 0 spiro atoms. The van der Waals surface area contributed by atoms with Crippen LogP contribution in [0.2, 0.25) is 0 Å². The molecule has 0 radical (unpaired) electrons. The Morgan fingerprint density at radius 3 is 2.47 bits per heavy atom. The third-order valence-corrected chi connectivity index (χ3v) is 2.49. The van der Waals surface area contributed by atoms with E-state index in [4.69, 9.17) is 15.3 Å². The summed E-state index contributed by atoms with van der Waals surface area (Å²) in [4.78, 5) is 11.9. The predicted molar refractivity (Wildman–Crippen MR) is 70.4 cm³/mol. The molecule has 1 aromatic rings. The number of anilines is 2. The van der Waals surface area contributed by atoms with E-state index in [0.29, 0.717) is 23.5 Å². The molecule has 19 heavy (non-hydrogen) atoms. The summed E-state index contributed by atoms with van der Waals surface area (Å²) >= 11 is 0. The highest BCUT2D eigenvalue weighted by Gasteiger charge is 2.17. The van der Waals surface area contributed by atoms with Crippen LogP contribution < -0.4 is 15.0 Å². The fourth-order valence-corrected chi connectivity index (χ4v) is 1.74. The van der Waals surface area contributed by atoms with Gasteiger partial charge in [0.2, 0.25) is 5.91 Å². The molecule has 0 aliphatic carbocycles. The first-order valence-electron chi connectivity index (χ1n) is 5.65. The maximum atomic E-state index is 11.1. The lowest BCUT2D eigenvalue weighted by Gasteiger charge is -2.16. The summed E-state index contributed by atoms with van der Waals surface area (Å²) in [6.07, 6.45) is 4.16. The molecule has 1 rings (SSSR count). The molecule has 1 aromatic carbocycles. The smallest absolute Gasteiger partial charge is 0.221 e. The van der Waals surface area contributed by atoms with Crippen LogP contribution in [0.5, 0.6) is 5.75 Å². The molecule has 0 unspecified atom stereocenters. The normalized spacial score (nSPS) is 9.11. The van der Waals surface area contributed by atoms with E-state index in [2.05, 4.69) is 5.32 Å². The lowest BCUT2D eigenvalue weighted by atomic mass is 10.1. The third-order valence-electron chi connectivity index (χ3n) is 2.49. The number of rotatable bonds is 4. The summed E-state index contributed by atoms with van der Waals surface area (Å²) in [6, 6.07) is 3.29. The molecule has 0 aromatic heterocycles. The summed E-state index contributed by atoms with van der Waals surface area (Å²) in [5.41, 5.74) is 1.64. The third kappa shape index (κ3) is 3.14. The number of amides is 1. The lowest BCUT2D eigenvalue weighted by Crippen LogP contribution is -2.12. The Bertz CT molecular complexity index is 555. The molecule has 6 nitrogen and oxygen atoms in total. The van der Waals surface area contributed by atoms with Crippen LogP contribution in [0.3, 0.4) is 0 Å². The second-order valence-electron chi connectivity index (χ2n) is 3.76. The van der Waals surface area contributed by atoms with Gasteiger partial charge in [0.25, 0.3) is 0 Å². The number of ether oxygens (including phenoxy) is 1. The number of methoxy groups -OCH3 is 1. The molecule has 1 amide bonds. The molecule has 98 valence electrons. The predicted octanol–water partition coefficient (Wildman–Crippen LogP) is 1.98. The van der Waals surface area contributed by atoms with Gasteiger partial charge in [0.15, 0.2) is 12.4 Å². The fourth-order valence-electron chi connectivity index (χ4n) is 1.74. The zero-order valence-electron chi connectivity index (χ0n) is 11.0. The van der Waals surface area contributed by atoms with Gasteiger partial charge in [-0.3, -0.25) is 4.79 Å². The summed E-state index contributed by atoms with van der Waals surface area (Å²) in [5, 5.41) is 20.5. The zero-order chi connectivity index (χ0) is 14.4. The summed E-state index contributed by atoms with van der Waals surface area (Å²) in [7, 11) is 1.48. The largest absolute Gasteiger partial charge is 0.494 e. The first-order valence-corrected chi connectivity index (χ1v) is 5.65. The minimum Gasteiger partial charge on any atom is -0.494 e. The van der Waals surface area contributed by atoms with Crippen molar-refractivity contribution < 1.29 is 9.53 Å². The molecule has 1 N–H and O–H groups in total. The van der Waals surface area contributed by atoms with E-state index in [1.54, 1.807) is 18.5 Å². The monoisotopic (exact) mass is 258 g/mol. The van der Waals surface area contributed by atoms with Crippen LogP contribution in [0.4, 0.5) is 11.4 Å². The van der Waals surface area contributed by atoms with Crippen molar-refractivity contribution in [2.75, 3.05) is 17.3 Å². The molecule has 6 heteroatoms. The molecule has 0 saturated heterocycles. The molecule has 0 saturated carbocycles. The Labute approximate surface area is 111 Å². The fraction of sp³-hybridized carbons (Fsp3) is 0.308. The molecule has 0 aliphatic rings. The van der Waals surface area contributed by atoms with Crippen molar-refractivity contribution in [3.8, 4) is 18.1 Å². The van der Waals surface area contributed by atoms with E-state index in [-0.39, 0.29) is 5.91 Å². The molecule has 0 atom stereocenters. The molecule has 0 aliphatic heterocycles. The van der Waals surface area contributed by atoms with Crippen molar-refractivity contribution >= 4 is 17.3 Å². The SMILES string of the molecule is CCc1cc(NC(C)=O)cc(N(C#N)C#N)c1OC. The summed E-state index contributed by atoms with van der Waals surface area (Å²) in [6.45, 7) is 3.31. The van der Waals surface area contributed by atoms with Gasteiger partial charge < -0.3 is 10.1 Å². The van der Waals surface area contributed by atoms with Crippen LogP contribution in [-0.2, 0) is 11.2 Å². The average molecular weight is 258 g/mol. The van der Waals surface area contributed by atoms with Crippen LogP contribution in [0.1, 0.15) is 19.4 Å². The van der Waals surface area contributed by atoms with Crippen LogP contribution in [0.25, 0.3) is 0 Å². The highest BCUT2D eigenvalue weighted by atomic mass is 16.5. The Balaban J connectivity index is 3.45. The van der Waals surface area contributed by atoms with Crippen LogP contribution in [-0.4, -0.2) is 13.0 Å². The minimum absolute atomic E-state index is 0.223. The van der Waals surface area contributed by atoms with Gasteiger partial charge in [0.1, 0.15) is 11.4 Å². The topological polar surface area (TPSA) is 89.2 Å². The number of nitrogens with one attached hydrogen (secondary N) is 1. The minimum atomic E-state index is -0.223. The maximum absolute atomic E-state index is 11.1.